The Morgan fingerprint density at radius 3 is 2.26 bits per heavy atom. The van der Waals surface area contributed by atoms with E-state index in [1.54, 1.807) is 11.8 Å². The first-order chi connectivity index (χ1) is 16.4. The second-order valence-corrected chi connectivity index (χ2v) is 9.31. The van der Waals surface area contributed by atoms with Gasteiger partial charge in [0.1, 0.15) is 12.6 Å². The predicted octanol–water partition coefficient (Wildman–Crippen LogP) is 2.86. The molecule has 8 nitrogen and oxygen atoms in total. The van der Waals surface area contributed by atoms with Gasteiger partial charge in [-0.2, -0.15) is 0 Å². The zero-order valence-electron chi connectivity index (χ0n) is 19.1. The van der Waals surface area contributed by atoms with Crippen LogP contribution >= 0.6 is 0 Å². The Kier molecular flexibility index (Phi) is 5.77. The lowest BCUT2D eigenvalue weighted by molar-refractivity contribution is -0.149. The lowest BCUT2D eigenvalue weighted by Crippen LogP contribution is -2.56. The number of ether oxygens (including phenoxy) is 2. The van der Waals surface area contributed by atoms with Crippen molar-refractivity contribution in [1.82, 2.24) is 10.2 Å². The van der Waals surface area contributed by atoms with Gasteiger partial charge in [-0.3, -0.25) is 9.59 Å². The number of fused-ring (bicyclic) bond motifs is 4. The van der Waals surface area contributed by atoms with Gasteiger partial charge in [0.2, 0.25) is 5.91 Å². The largest absolute Gasteiger partial charge is 0.481 e. The van der Waals surface area contributed by atoms with Crippen LogP contribution in [0, 0.1) is 11.8 Å². The first kappa shape index (κ1) is 22.4. The van der Waals surface area contributed by atoms with Crippen LogP contribution in [-0.2, 0) is 19.1 Å². The van der Waals surface area contributed by atoms with Gasteiger partial charge in [0, 0.05) is 25.6 Å². The van der Waals surface area contributed by atoms with E-state index in [1.807, 2.05) is 36.4 Å². The summed E-state index contributed by atoms with van der Waals surface area (Å²) in [5, 5.41) is 12.1. The van der Waals surface area contributed by atoms with Crippen molar-refractivity contribution in [3.05, 3.63) is 59.7 Å². The summed E-state index contributed by atoms with van der Waals surface area (Å²) in [6.07, 6.45) is -0.624. The third kappa shape index (κ3) is 3.62. The van der Waals surface area contributed by atoms with Gasteiger partial charge in [0.25, 0.3) is 0 Å². The average Bonchev–Trinajstić information content (AvgIpc) is 3.51. The molecule has 1 saturated carbocycles. The number of carboxylic acid groups (broad SMARTS) is 1. The van der Waals surface area contributed by atoms with Crippen molar-refractivity contribution in [3.8, 4) is 11.1 Å². The molecule has 2 aliphatic heterocycles. The number of amides is 2. The zero-order chi connectivity index (χ0) is 24.0. The summed E-state index contributed by atoms with van der Waals surface area (Å²) in [6, 6.07) is 14.8. The molecule has 2 aliphatic carbocycles. The van der Waals surface area contributed by atoms with E-state index in [-0.39, 0.29) is 30.4 Å². The third-order valence-corrected chi connectivity index (χ3v) is 7.59. The molecule has 2 bridgehead atoms. The second kappa shape index (κ2) is 8.76. The van der Waals surface area contributed by atoms with Crippen molar-refractivity contribution in [2.24, 2.45) is 11.8 Å². The number of aliphatic carboxylic acids is 1. The number of methoxy groups -OCH3 is 1. The molecule has 5 unspecified atom stereocenters. The number of hydrogen-bond donors (Lipinski definition) is 2. The molecule has 2 N–H and O–H groups in total. The Morgan fingerprint density at radius 2 is 1.71 bits per heavy atom. The van der Waals surface area contributed by atoms with Crippen molar-refractivity contribution < 1.29 is 29.0 Å². The molecule has 4 aliphatic rings. The van der Waals surface area contributed by atoms with Crippen molar-refractivity contribution in [3.63, 3.8) is 0 Å². The summed E-state index contributed by atoms with van der Waals surface area (Å²) in [6.45, 7) is 2.22. The van der Waals surface area contributed by atoms with Gasteiger partial charge in [-0.1, -0.05) is 48.5 Å². The topological polar surface area (TPSA) is 105 Å². The molecule has 2 aromatic rings. The number of benzene rings is 2. The highest BCUT2D eigenvalue weighted by Crippen LogP contribution is 2.47. The molecule has 2 saturated heterocycles. The molecule has 2 heterocycles. The third-order valence-electron chi connectivity index (χ3n) is 7.59. The number of carbonyl (C=O) groups is 3. The summed E-state index contributed by atoms with van der Waals surface area (Å²) >= 11 is 0. The molecule has 2 amide bonds. The first-order valence-electron chi connectivity index (χ1n) is 11.6. The number of carboxylic acids is 1. The van der Waals surface area contributed by atoms with E-state index in [4.69, 9.17) is 9.47 Å². The lowest BCUT2D eigenvalue weighted by atomic mass is 9.74. The van der Waals surface area contributed by atoms with Gasteiger partial charge in [-0.05, 0) is 41.5 Å². The van der Waals surface area contributed by atoms with E-state index in [0.717, 1.165) is 22.3 Å². The number of nitrogens with one attached hydrogen (secondary N) is 1. The van der Waals surface area contributed by atoms with Crippen LogP contribution in [0.15, 0.2) is 48.5 Å². The van der Waals surface area contributed by atoms with Gasteiger partial charge in [0.15, 0.2) is 0 Å². The minimum absolute atomic E-state index is 0.0283. The number of carbonyl (C=O) groups excluding carboxylic acids is 2. The maximum atomic E-state index is 13.3. The van der Waals surface area contributed by atoms with Gasteiger partial charge < -0.3 is 24.8 Å². The Balaban J connectivity index is 1.26. The normalized spacial score (nSPS) is 23.9. The first-order valence-corrected chi connectivity index (χ1v) is 11.6. The smallest absolute Gasteiger partial charge is 0.407 e. The molecule has 34 heavy (non-hydrogen) atoms. The van der Waals surface area contributed by atoms with E-state index < -0.39 is 30.1 Å². The summed E-state index contributed by atoms with van der Waals surface area (Å²) in [7, 11) is 1.47. The molecule has 5 atom stereocenters. The SMILES string of the molecule is COC(C)C(NC(=O)OCC1c2ccccc2-c2ccccc21)C(=O)N1CC2CC1C2C(=O)O. The molecule has 0 spiro atoms. The van der Waals surface area contributed by atoms with Crippen LogP contribution in [0.2, 0.25) is 0 Å². The molecule has 6 rings (SSSR count). The van der Waals surface area contributed by atoms with Gasteiger partial charge in [0.05, 0.1) is 12.0 Å². The van der Waals surface area contributed by atoms with Crippen LogP contribution in [0.1, 0.15) is 30.4 Å². The maximum absolute atomic E-state index is 13.3. The fourth-order valence-corrected chi connectivity index (χ4v) is 5.70. The van der Waals surface area contributed by atoms with Gasteiger partial charge in [-0.25, -0.2) is 4.79 Å². The van der Waals surface area contributed by atoms with Crippen molar-refractivity contribution in [2.45, 2.75) is 37.5 Å². The Morgan fingerprint density at radius 1 is 1.09 bits per heavy atom. The molecule has 3 fully saturated rings. The van der Waals surface area contributed by atoms with Crippen LogP contribution in [-0.4, -0.2) is 66.4 Å². The van der Waals surface area contributed by atoms with Crippen LogP contribution in [0.5, 0.6) is 0 Å². The highest BCUT2D eigenvalue weighted by atomic mass is 16.5. The lowest BCUT2D eigenvalue weighted by Gasteiger charge is -2.35. The minimum atomic E-state index is -0.963. The summed E-state index contributed by atoms with van der Waals surface area (Å²) in [4.78, 5) is 39.1. The summed E-state index contributed by atoms with van der Waals surface area (Å²) in [5.41, 5.74) is 4.47. The molecule has 8 heteroatoms. The van der Waals surface area contributed by atoms with Crippen molar-refractivity contribution in [1.29, 1.82) is 0 Å². The molecule has 178 valence electrons. The number of nitrogens with zero attached hydrogens (tertiary/aromatic N) is 1. The van der Waals surface area contributed by atoms with Crippen LogP contribution in [0.3, 0.4) is 0 Å². The summed E-state index contributed by atoms with van der Waals surface area (Å²) in [5.74, 6) is -1.86. The standard InChI is InChI=1S/C26H28N2O6/c1-14(33-2)23(24(29)28-12-15-11-21(28)22(15)25(30)31)27-26(32)34-13-20-18-9-5-3-7-16(18)17-8-4-6-10-19(17)20/h3-10,14-15,20-23H,11-13H2,1-2H3,(H,27,32)(H,30,31). The van der Waals surface area contributed by atoms with Gasteiger partial charge >= 0.3 is 12.1 Å². The zero-order valence-corrected chi connectivity index (χ0v) is 19.1. The fourth-order valence-electron chi connectivity index (χ4n) is 5.70. The number of alkyl carbamates (subject to hydrolysis) is 1. The molecular formula is C26H28N2O6. The minimum Gasteiger partial charge on any atom is -0.481 e. The second-order valence-electron chi connectivity index (χ2n) is 9.31. The fraction of sp³-hybridized carbons (Fsp3) is 0.423. The Hall–Kier alpha value is -3.39. The molecule has 0 aromatic heterocycles. The highest BCUT2D eigenvalue weighted by Gasteiger charge is 2.58. The Labute approximate surface area is 197 Å². The average molecular weight is 465 g/mol. The van der Waals surface area contributed by atoms with Crippen LogP contribution in [0.4, 0.5) is 4.79 Å². The monoisotopic (exact) mass is 464 g/mol. The highest BCUT2D eigenvalue weighted by molar-refractivity contribution is 5.88. The maximum Gasteiger partial charge on any atom is 0.407 e. The van der Waals surface area contributed by atoms with E-state index >= 15 is 0 Å². The molecule has 2 aromatic carbocycles. The van der Waals surface area contributed by atoms with Crippen LogP contribution < -0.4 is 5.32 Å². The molecular weight excluding hydrogens is 436 g/mol. The van der Waals surface area contributed by atoms with E-state index in [1.165, 1.54) is 7.11 Å². The Bertz CT molecular complexity index is 1090. The summed E-state index contributed by atoms with van der Waals surface area (Å²) < 4.78 is 11.0. The van der Waals surface area contributed by atoms with Crippen molar-refractivity contribution >= 4 is 18.0 Å². The van der Waals surface area contributed by atoms with Gasteiger partial charge in [-0.15, -0.1) is 0 Å². The van der Waals surface area contributed by atoms with Crippen LogP contribution in [0.25, 0.3) is 11.1 Å². The molecule has 0 radical (unpaired) electrons. The quantitative estimate of drug-likeness (QED) is 0.653. The number of hydrogen-bond acceptors (Lipinski definition) is 5. The van der Waals surface area contributed by atoms with Crippen molar-refractivity contribution in [2.75, 3.05) is 20.3 Å². The number of rotatable bonds is 7. The van der Waals surface area contributed by atoms with E-state index in [9.17, 15) is 19.5 Å². The van der Waals surface area contributed by atoms with E-state index in [0.29, 0.717) is 13.0 Å². The van der Waals surface area contributed by atoms with E-state index in [2.05, 4.69) is 17.4 Å². The predicted molar refractivity (Wildman–Crippen MR) is 123 cm³/mol.